The first-order valence-electron chi connectivity index (χ1n) is 6.88. The Hall–Kier alpha value is -2.14. The molecular formula is C16H16N2O2S. The summed E-state index contributed by atoms with van der Waals surface area (Å²) < 4.78 is 0. The lowest BCUT2D eigenvalue weighted by Crippen LogP contribution is -2.39. The third-order valence-corrected chi connectivity index (χ3v) is 4.55. The Bertz CT molecular complexity index is 693. The molecule has 0 bridgehead atoms. The van der Waals surface area contributed by atoms with Crippen molar-refractivity contribution in [1.82, 2.24) is 5.32 Å². The number of rotatable bonds is 3. The number of carbonyl (C=O) groups excluding carboxylic acids is 2. The average molecular weight is 300 g/mol. The fourth-order valence-corrected chi connectivity index (χ4v) is 3.28. The van der Waals surface area contributed by atoms with Crippen molar-refractivity contribution in [3.8, 4) is 0 Å². The number of carbonyl (C=O) groups is 2. The van der Waals surface area contributed by atoms with Crippen LogP contribution in [-0.4, -0.2) is 24.9 Å². The molecule has 1 aliphatic rings. The molecule has 0 aliphatic carbocycles. The highest BCUT2D eigenvalue weighted by atomic mass is 32.1. The zero-order chi connectivity index (χ0) is 14.8. The summed E-state index contributed by atoms with van der Waals surface area (Å²) in [5.41, 5.74) is 2.15. The van der Waals surface area contributed by atoms with E-state index in [4.69, 9.17) is 0 Å². The van der Waals surface area contributed by atoms with Crippen molar-refractivity contribution >= 4 is 28.8 Å². The highest BCUT2D eigenvalue weighted by Gasteiger charge is 2.24. The number of fused-ring (bicyclic) bond motifs is 1. The van der Waals surface area contributed by atoms with E-state index in [2.05, 4.69) is 5.32 Å². The van der Waals surface area contributed by atoms with Gasteiger partial charge in [0.25, 0.3) is 5.91 Å². The van der Waals surface area contributed by atoms with Gasteiger partial charge in [-0.25, -0.2) is 0 Å². The van der Waals surface area contributed by atoms with Gasteiger partial charge < -0.3 is 10.2 Å². The summed E-state index contributed by atoms with van der Waals surface area (Å²) in [6.45, 7) is 2.67. The first-order valence-corrected chi connectivity index (χ1v) is 7.70. The molecule has 0 radical (unpaired) electrons. The smallest absolute Gasteiger partial charge is 0.261 e. The summed E-state index contributed by atoms with van der Waals surface area (Å²) in [7, 11) is 0. The summed E-state index contributed by atoms with van der Waals surface area (Å²) in [6, 6.07) is 11.6. The molecule has 3 rings (SSSR count). The fraction of sp³-hybridized carbons (Fsp3) is 0.250. The molecule has 0 spiro atoms. The number of para-hydroxylation sites is 1. The molecule has 0 unspecified atom stereocenters. The number of aryl methyl sites for hydroxylation is 1. The Labute approximate surface area is 127 Å². The van der Waals surface area contributed by atoms with Crippen molar-refractivity contribution in [1.29, 1.82) is 0 Å². The molecule has 2 aromatic rings. The van der Waals surface area contributed by atoms with Gasteiger partial charge in [-0.2, -0.15) is 0 Å². The minimum atomic E-state index is -0.186. The minimum absolute atomic E-state index is 0.0319. The van der Waals surface area contributed by atoms with Crippen LogP contribution in [0.25, 0.3) is 0 Å². The van der Waals surface area contributed by atoms with Gasteiger partial charge in [0.2, 0.25) is 5.91 Å². The van der Waals surface area contributed by atoms with E-state index >= 15 is 0 Å². The Balaban J connectivity index is 1.62. The lowest BCUT2D eigenvalue weighted by atomic mass is 10.2. The van der Waals surface area contributed by atoms with Gasteiger partial charge in [0.05, 0.1) is 11.4 Å². The summed E-state index contributed by atoms with van der Waals surface area (Å²) in [6.07, 6.45) is 0.875. The number of nitrogens with one attached hydrogen (secondary N) is 1. The van der Waals surface area contributed by atoms with E-state index in [0.717, 1.165) is 17.0 Å². The summed E-state index contributed by atoms with van der Waals surface area (Å²) in [4.78, 5) is 27.7. The molecule has 2 heterocycles. The Kier molecular flexibility index (Phi) is 3.75. The largest absolute Gasteiger partial charge is 0.342 e. The predicted octanol–water partition coefficient (Wildman–Crippen LogP) is 2.38. The van der Waals surface area contributed by atoms with Crippen LogP contribution >= 0.6 is 11.3 Å². The van der Waals surface area contributed by atoms with Gasteiger partial charge in [0.15, 0.2) is 0 Å². The van der Waals surface area contributed by atoms with E-state index in [1.165, 1.54) is 16.9 Å². The molecule has 21 heavy (non-hydrogen) atoms. The summed E-state index contributed by atoms with van der Waals surface area (Å²) in [5.74, 6) is -0.254. The maximum Gasteiger partial charge on any atom is 0.261 e. The molecule has 0 fully saturated rings. The second-order valence-electron chi connectivity index (χ2n) is 5.02. The van der Waals surface area contributed by atoms with E-state index < -0.39 is 0 Å². The Morgan fingerprint density at radius 2 is 2.05 bits per heavy atom. The van der Waals surface area contributed by atoms with Crippen molar-refractivity contribution in [2.45, 2.75) is 13.3 Å². The highest BCUT2D eigenvalue weighted by Crippen LogP contribution is 2.27. The first kappa shape index (κ1) is 13.8. The third kappa shape index (κ3) is 2.83. The quantitative estimate of drug-likeness (QED) is 0.946. The molecule has 1 N–H and O–H groups in total. The van der Waals surface area contributed by atoms with Crippen LogP contribution in [0.3, 0.4) is 0 Å². The fourth-order valence-electron chi connectivity index (χ4n) is 2.49. The minimum Gasteiger partial charge on any atom is -0.342 e. The molecule has 108 valence electrons. The van der Waals surface area contributed by atoms with Crippen molar-refractivity contribution in [3.63, 3.8) is 0 Å². The van der Waals surface area contributed by atoms with Gasteiger partial charge >= 0.3 is 0 Å². The molecule has 0 atom stereocenters. The van der Waals surface area contributed by atoms with Gasteiger partial charge in [-0.1, -0.05) is 18.2 Å². The van der Waals surface area contributed by atoms with E-state index in [0.29, 0.717) is 11.4 Å². The van der Waals surface area contributed by atoms with Gasteiger partial charge in [-0.3, -0.25) is 9.59 Å². The van der Waals surface area contributed by atoms with E-state index in [-0.39, 0.29) is 18.4 Å². The van der Waals surface area contributed by atoms with Crippen LogP contribution in [0.1, 0.15) is 20.1 Å². The number of hydrogen-bond donors (Lipinski definition) is 1. The summed E-state index contributed by atoms with van der Waals surface area (Å²) in [5, 5.41) is 2.70. The monoisotopic (exact) mass is 300 g/mol. The van der Waals surface area contributed by atoms with Crippen LogP contribution < -0.4 is 10.2 Å². The molecule has 1 aromatic heterocycles. The van der Waals surface area contributed by atoms with Gasteiger partial charge in [-0.15, -0.1) is 11.3 Å². The van der Waals surface area contributed by atoms with Crippen LogP contribution in [0.4, 0.5) is 5.69 Å². The lowest BCUT2D eigenvalue weighted by molar-refractivity contribution is -0.117. The number of amides is 2. The Morgan fingerprint density at radius 1 is 1.24 bits per heavy atom. The first-order chi connectivity index (χ1) is 10.1. The highest BCUT2D eigenvalue weighted by molar-refractivity contribution is 7.13. The normalized spacial score (nSPS) is 13.1. The topological polar surface area (TPSA) is 49.4 Å². The third-order valence-electron chi connectivity index (χ3n) is 3.55. The SMILES string of the molecule is Cc1ccc(C(=O)NCC(=O)N2CCc3ccccc32)s1. The number of thiophene rings is 1. The number of anilines is 1. The zero-order valence-electron chi connectivity index (χ0n) is 11.8. The summed E-state index contributed by atoms with van der Waals surface area (Å²) >= 11 is 1.43. The molecular weight excluding hydrogens is 284 g/mol. The second-order valence-corrected chi connectivity index (χ2v) is 6.30. The van der Waals surface area contributed by atoms with Crippen molar-refractivity contribution in [2.24, 2.45) is 0 Å². The number of benzene rings is 1. The lowest BCUT2D eigenvalue weighted by Gasteiger charge is -2.17. The van der Waals surface area contributed by atoms with E-state index in [9.17, 15) is 9.59 Å². The molecule has 0 saturated carbocycles. The average Bonchev–Trinajstić information content (AvgIpc) is 3.10. The van der Waals surface area contributed by atoms with Gasteiger partial charge in [0.1, 0.15) is 0 Å². The predicted molar refractivity (Wildman–Crippen MR) is 83.9 cm³/mol. The van der Waals surface area contributed by atoms with Gasteiger partial charge in [0, 0.05) is 17.1 Å². The standard InChI is InChI=1S/C16H16N2O2S/c1-11-6-7-14(21-11)16(20)17-10-15(19)18-9-8-12-4-2-3-5-13(12)18/h2-7H,8-10H2,1H3,(H,17,20). The molecule has 5 heteroatoms. The molecule has 1 aromatic carbocycles. The van der Waals surface area contributed by atoms with Crippen LogP contribution in [0.5, 0.6) is 0 Å². The number of nitrogens with zero attached hydrogens (tertiary/aromatic N) is 1. The molecule has 4 nitrogen and oxygen atoms in total. The van der Waals surface area contributed by atoms with Crippen molar-refractivity contribution in [3.05, 3.63) is 51.7 Å². The maximum atomic E-state index is 12.3. The van der Waals surface area contributed by atoms with Gasteiger partial charge in [-0.05, 0) is 37.1 Å². The van der Waals surface area contributed by atoms with Crippen molar-refractivity contribution < 1.29 is 9.59 Å². The Morgan fingerprint density at radius 3 is 2.81 bits per heavy atom. The van der Waals surface area contributed by atoms with Crippen molar-refractivity contribution in [2.75, 3.05) is 18.0 Å². The van der Waals surface area contributed by atoms with Crippen LogP contribution in [0.15, 0.2) is 36.4 Å². The molecule has 2 amide bonds. The molecule has 0 saturated heterocycles. The van der Waals surface area contributed by atoms with Crippen LogP contribution in [0, 0.1) is 6.92 Å². The van der Waals surface area contributed by atoms with E-state index in [1.54, 1.807) is 11.0 Å². The zero-order valence-corrected chi connectivity index (χ0v) is 12.6. The van der Waals surface area contributed by atoms with Crippen LogP contribution in [0.2, 0.25) is 0 Å². The second kappa shape index (κ2) is 5.69. The molecule has 1 aliphatic heterocycles. The maximum absolute atomic E-state index is 12.3. The number of hydrogen-bond acceptors (Lipinski definition) is 3. The van der Waals surface area contributed by atoms with Crippen LogP contribution in [-0.2, 0) is 11.2 Å². The van der Waals surface area contributed by atoms with E-state index in [1.807, 2.05) is 37.3 Å².